The van der Waals surface area contributed by atoms with E-state index in [4.69, 9.17) is 5.11 Å². The van der Waals surface area contributed by atoms with Crippen molar-refractivity contribution >= 4 is 21.7 Å². The lowest BCUT2D eigenvalue weighted by Crippen LogP contribution is -2.12. The van der Waals surface area contributed by atoms with Gasteiger partial charge in [0, 0.05) is 6.20 Å². The highest BCUT2D eigenvalue weighted by Crippen LogP contribution is 2.15. The molecule has 0 aliphatic heterocycles. The summed E-state index contributed by atoms with van der Waals surface area (Å²) >= 11 is 0. The van der Waals surface area contributed by atoms with Gasteiger partial charge in [-0.05, 0) is 6.07 Å². The van der Waals surface area contributed by atoms with Gasteiger partial charge < -0.3 is 10.1 Å². The van der Waals surface area contributed by atoms with Crippen LogP contribution in [0.4, 0.5) is 5.69 Å². The van der Waals surface area contributed by atoms with E-state index in [9.17, 15) is 13.2 Å². The molecule has 2 aromatic rings. The van der Waals surface area contributed by atoms with Crippen LogP contribution in [0.1, 0.15) is 10.5 Å². The Morgan fingerprint density at radius 2 is 2.00 bits per heavy atom. The molecule has 0 unspecified atom stereocenters. The van der Waals surface area contributed by atoms with Crippen LogP contribution >= 0.6 is 0 Å². The lowest BCUT2D eigenvalue weighted by atomic mass is 10.4. The highest BCUT2D eigenvalue weighted by atomic mass is 32.2. The summed E-state index contributed by atoms with van der Waals surface area (Å²) in [5.74, 6) is -1.24. The number of aromatic amines is 1. The number of carboxylic acid groups (broad SMARTS) is 1. The van der Waals surface area contributed by atoms with E-state index in [1.165, 1.54) is 18.7 Å². The summed E-state index contributed by atoms with van der Waals surface area (Å²) in [7, 11) is -3.85. The average Bonchev–Trinajstić information content (AvgIpc) is 2.79. The zero-order chi connectivity index (χ0) is 13.2. The lowest BCUT2D eigenvalue weighted by molar-refractivity contribution is 0.0691. The third kappa shape index (κ3) is 2.46. The van der Waals surface area contributed by atoms with Crippen LogP contribution in [-0.2, 0) is 10.0 Å². The Hall–Kier alpha value is -2.42. The number of nitrogens with one attached hydrogen (secondary N) is 2. The Labute approximate surface area is 102 Å². The van der Waals surface area contributed by atoms with Crippen molar-refractivity contribution < 1.29 is 18.3 Å². The van der Waals surface area contributed by atoms with Crippen molar-refractivity contribution in [1.82, 2.24) is 15.0 Å². The molecule has 0 aliphatic rings. The quantitative estimate of drug-likeness (QED) is 0.732. The van der Waals surface area contributed by atoms with Gasteiger partial charge in [0.05, 0.1) is 18.1 Å². The molecule has 0 fully saturated rings. The van der Waals surface area contributed by atoms with Crippen LogP contribution in [-0.4, -0.2) is 34.4 Å². The maximum Gasteiger partial charge on any atom is 0.352 e. The number of nitrogens with zero attached hydrogens (tertiary/aromatic N) is 2. The van der Waals surface area contributed by atoms with Gasteiger partial charge in [0.1, 0.15) is 16.9 Å². The normalized spacial score (nSPS) is 11.1. The first kappa shape index (κ1) is 12.0. The van der Waals surface area contributed by atoms with E-state index in [2.05, 4.69) is 19.7 Å². The van der Waals surface area contributed by atoms with Gasteiger partial charge in [-0.15, -0.1) is 0 Å². The Morgan fingerprint density at radius 3 is 2.56 bits per heavy atom. The van der Waals surface area contributed by atoms with Crippen molar-refractivity contribution in [2.24, 2.45) is 0 Å². The van der Waals surface area contributed by atoms with Gasteiger partial charge >= 0.3 is 5.97 Å². The lowest BCUT2D eigenvalue weighted by Gasteiger charge is -2.04. The van der Waals surface area contributed by atoms with Crippen molar-refractivity contribution in [3.05, 3.63) is 36.7 Å². The molecule has 2 heterocycles. The van der Waals surface area contributed by atoms with Crippen LogP contribution < -0.4 is 4.72 Å². The SMILES string of the molecule is O=C(O)c1cc(S(=O)(=O)Nc2cncnc2)c[nH]1. The van der Waals surface area contributed by atoms with Crippen LogP contribution in [0.2, 0.25) is 0 Å². The molecule has 0 amide bonds. The number of sulfonamides is 1. The number of aromatic carboxylic acids is 1. The van der Waals surface area contributed by atoms with Crippen LogP contribution in [0.5, 0.6) is 0 Å². The fourth-order valence-electron chi connectivity index (χ4n) is 1.22. The Kier molecular flexibility index (Phi) is 2.98. The van der Waals surface area contributed by atoms with E-state index < -0.39 is 16.0 Å². The first-order chi connectivity index (χ1) is 8.49. The largest absolute Gasteiger partial charge is 0.477 e. The van der Waals surface area contributed by atoms with Crippen LogP contribution in [0, 0.1) is 0 Å². The highest BCUT2D eigenvalue weighted by molar-refractivity contribution is 7.92. The van der Waals surface area contributed by atoms with Gasteiger partial charge in [-0.25, -0.2) is 23.2 Å². The zero-order valence-electron chi connectivity index (χ0n) is 8.86. The second-order valence-corrected chi connectivity index (χ2v) is 4.97. The van der Waals surface area contributed by atoms with Gasteiger partial charge in [0.25, 0.3) is 10.0 Å². The Bertz CT molecular complexity index is 665. The number of hydrogen-bond acceptors (Lipinski definition) is 5. The fraction of sp³-hybridized carbons (Fsp3) is 0. The minimum Gasteiger partial charge on any atom is -0.477 e. The molecule has 0 bridgehead atoms. The molecule has 18 heavy (non-hydrogen) atoms. The number of anilines is 1. The van der Waals surface area contributed by atoms with E-state index in [-0.39, 0.29) is 16.3 Å². The second kappa shape index (κ2) is 4.45. The Balaban J connectivity index is 2.28. The monoisotopic (exact) mass is 268 g/mol. The first-order valence-corrected chi connectivity index (χ1v) is 6.17. The number of carboxylic acids is 1. The van der Waals surface area contributed by atoms with E-state index in [0.29, 0.717) is 0 Å². The molecule has 0 aromatic carbocycles. The van der Waals surface area contributed by atoms with E-state index in [0.717, 1.165) is 12.3 Å². The number of carbonyl (C=O) groups is 1. The van der Waals surface area contributed by atoms with Crippen molar-refractivity contribution in [1.29, 1.82) is 0 Å². The summed E-state index contributed by atoms with van der Waals surface area (Å²) < 4.78 is 25.9. The number of H-pyrrole nitrogens is 1. The molecule has 94 valence electrons. The second-order valence-electron chi connectivity index (χ2n) is 3.29. The third-order valence-electron chi connectivity index (χ3n) is 2.01. The predicted molar refractivity (Wildman–Crippen MR) is 60.6 cm³/mol. The molecule has 0 spiro atoms. The molecule has 0 atom stereocenters. The van der Waals surface area contributed by atoms with E-state index in [1.807, 2.05) is 0 Å². The van der Waals surface area contributed by atoms with Gasteiger partial charge in [0.15, 0.2) is 0 Å². The molecule has 0 saturated carbocycles. The van der Waals surface area contributed by atoms with Crippen molar-refractivity contribution in [3.8, 4) is 0 Å². The first-order valence-electron chi connectivity index (χ1n) is 4.68. The molecule has 2 aromatic heterocycles. The summed E-state index contributed by atoms with van der Waals surface area (Å²) in [4.78, 5) is 20.1. The molecule has 8 nitrogen and oxygen atoms in total. The van der Waals surface area contributed by atoms with Crippen molar-refractivity contribution in [2.75, 3.05) is 4.72 Å². The van der Waals surface area contributed by atoms with Gasteiger partial charge in [-0.1, -0.05) is 0 Å². The summed E-state index contributed by atoms with van der Waals surface area (Å²) in [6, 6.07) is 1.02. The molecule has 0 aliphatic carbocycles. The Morgan fingerprint density at radius 1 is 1.33 bits per heavy atom. The maximum absolute atomic E-state index is 11.9. The molecular weight excluding hydrogens is 260 g/mol. The van der Waals surface area contributed by atoms with Gasteiger partial charge in [0.2, 0.25) is 0 Å². The minimum atomic E-state index is -3.85. The summed E-state index contributed by atoms with van der Waals surface area (Å²) in [5.41, 5.74) is -0.0183. The summed E-state index contributed by atoms with van der Waals surface area (Å²) in [6.45, 7) is 0. The molecule has 9 heteroatoms. The minimum absolute atomic E-state index is 0.177. The topological polar surface area (TPSA) is 125 Å². The van der Waals surface area contributed by atoms with E-state index >= 15 is 0 Å². The van der Waals surface area contributed by atoms with Crippen molar-refractivity contribution in [2.45, 2.75) is 4.90 Å². The summed E-state index contributed by atoms with van der Waals surface area (Å²) in [6.07, 6.45) is 4.93. The standard InChI is InChI=1S/C9H8N4O4S/c14-9(15)8-1-7(4-12-8)18(16,17)13-6-2-10-5-11-3-6/h1-5,12-13H,(H,14,15). The highest BCUT2D eigenvalue weighted by Gasteiger charge is 2.18. The molecule has 2 rings (SSSR count). The van der Waals surface area contributed by atoms with Gasteiger partial charge in [-0.2, -0.15) is 0 Å². The maximum atomic E-state index is 11.9. The molecule has 0 saturated heterocycles. The van der Waals surface area contributed by atoms with Crippen LogP contribution in [0.25, 0.3) is 0 Å². The molecule has 0 radical (unpaired) electrons. The fourth-order valence-corrected chi connectivity index (χ4v) is 2.24. The zero-order valence-corrected chi connectivity index (χ0v) is 9.68. The number of aromatic nitrogens is 3. The van der Waals surface area contributed by atoms with E-state index in [1.54, 1.807) is 0 Å². The molecule has 3 N–H and O–H groups in total. The van der Waals surface area contributed by atoms with Crippen LogP contribution in [0.15, 0.2) is 35.9 Å². The average molecular weight is 268 g/mol. The summed E-state index contributed by atoms with van der Waals surface area (Å²) in [5, 5.41) is 8.69. The third-order valence-corrected chi connectivity index (χ3v) is 3.37. The van der Waals surface area contributed by atoms with Crippen molar-refractivity contribution in [3.63, 3.8) is 0 Å². The van der Waals surface area contributed by atoms with Crippen LogP contribution in [0.3, 0.4) is 0 Å². The number of rotatable bonds is 4. The van der Waals surface area contributed by atoms with Gasteiger partial charge in [-0.3, -0.25) is 4.72 Å². The smallest absolute Gasteiger partial charge is 0.352 e. The number of hydrogen-bond donors (Lipinski definition) is 3. The predicted octanol–water partition coefficient (Wildman–Crippen LogP) is 0.304. The molecular formula is C9H8N4O4S.